The molecule has 0 saturated carbocycles. The van der Waals surface area contributed by atoms with Crippen molar-refractivity contribution in [1.29, 1.82) is 0 Å². The van der Waals surface area contributed by atoms with E-state index in [1.165, 1.54) is 0 Å². The number of carbonyl (C=O) groups excluding carboxylic acids is 1. The molecule has 0 amide bonds. The SMILES string of the molecule is O=C([S-])c1ccccc1.[NH4+]. The minimum Gasteiger partial charge on any atom is -0.737 e. The minimum atomic E-state index is -0.296. The molecule has 1 aromatic rings. The lowest BCUT2D eigenvalue weighted by Crippen LogP contribution is -1.90. The second-order valence-corrected chi connectivity index (χ2v) is 2.02. The summed E-state index contributed by atoms with van der Waals surface area (Å²) in [6.45, 7) is 0. The van der Waals surface area contributed by atoms with Gasteiger partial charge in [0.25, 0.3) is 0 Å². The van der Waals surface area contributed by atoms with Gasteiger partial charge in [0.1, 0.15) is 0 Å². The van der Waals surface area contributed by atoms with Gasteiger partial charge in [-0.15, -0.1) is 0 Å². The van der Waals surface area contributed by atoms with E-state index in [9.17, 15) is 4.79 Å². The summed E-state index contributed by atoms with van der Waals surface area (Å²) >= 11 is 4.41. The second kappa shape index (κ2) is 3.98. The largest absolute Gasteiger partial charge is 0.737 e. The topological polar surface area (TPSA) is 53.6 Å². The average Bonchev–Trinajstić information content (AvgIpc) is 1.90. The molecule has 10 heavy (non-hydrogen) atoms. The molecule has 0 spiro atoms. The molecule has 3 heteroatoms. The van der Waals surface area contributed by atoms with E-state index in [2.05, 4.69) is 12.6 Å². The van der Waals surface area contributed by atoms with Gasteiger partial charge >= 0.3 is 0 Å². The van der Waals surface area contributed by atoms with Crippen LogP contribution in [0.2, 0.25) is 0 Å². The molecular weight excluding hydrogens is 146 g/mol. The number of quaternary nitrogens is 1. The van der Waals surface area contributed by atoms with E-state index in [-0.39, 0.29) is 11.3 Å². The van der Waals surface area contributed by atoms with E-state index in [1.54, 1.807) is 24.3 Å². The molecule has 0 radical (unpaired) electrons. The Morgan fingerprint density at radius 2 is 1.70 bits per heavy atom. The molecule has 0 atom stereocenters. The van der Waals surface area contributed by atoms with Crippen molar-refractivity contribution in [2.24, 2.45) is 0 Å². The van der Waals surface area contributed by atoms with E-state index in [4.69, 9.17) is 0 Å². The molecule has 54 valence electrons. The molecular formula is C7H9NOS. The normalized spacial score (nSPS) is 8.00. The van der Waals surface area contributed by atoms with Gasteiger partial charge in [-0.1, -0.05) is 30.3 Å². The van der Waals surface area contributed by atoms with Gasteiger partial charge < -0.3 is 23.6 Å². The summed E-state index contributed by atoms with van der Waals surface area (Å²) in [7, 11) is 0. The first-order chi connectivity index (χ1) is 4.30. The maximum atomic E-state index is 10.5. The fourth-order valence-corrected chi connectivity index (χ4v) is 0.710. The molecule has 0 heterocycles. The van der Waals surface area contributed by atoms with Crippen LogP contribution in [0.4, 0.5) is 0 Å². The van der Waals surface area contributed by atoms with Crippen LogP contribution in [-0.4, -0.2) is 5.12 Å². The number of hydrogen-bond donors (Lipinski definition) is 1. The van der Waals surface area contributed by atoms with Crippen LogP contribution in [-0.2, 0) is 12.6 Å². The third-order valence-corrected chi connectivity index (χ3v) is 1.25. The van der Waals surface area contributed by atoms with Crippen molar-refractivity contribution in [2.45, 2.75) is 0 Å². The predicted molar refractivity (Wildman–Crippen MR) is 44.1 cm³/mol. The van der Waals surface area contributed by atoms with Crippen molar-refractivity contribution in [2.75, 3.05) is 0 Å². The Balaban J connectivity index is 0.000000810. The van der Waals surface area contributed by atoms with E-state index in [1.807, 2.05) is 6.07 Å². The smallest absolute Gasteiger partial charge is 0.0422 e. The molecule has 1 rings (SSSR count). The maximum Gasteiger partial charge on any atom is 0.0422 e. The van der Waals surface area contributed by atoms with Gasteiger partial charge in [-0.3, -0.25) is 0 Å². The molecule has 0 unspecified atom stereocenters. The Morgan fingerprint density at radius 3 is 2.00 bits per heavy atom. The zero-order chi connectivity index (χ0) is 6.69. The van der Waals surface area contributed by atoms with Crippen molar-refractivity contribution in [3.63, 3.8) is 0 Å². The lowest BCUT2D eigenvalue weighted by molar-refractivity contribution is 0.109. The highest BCUT2D eigenvalue weighted by molar-refractivity contribution is 7.77. The maximum absolute atomic E-state index is 10.5. The average molecular weight is 155 g/mol. The molecule has 2 nitrogen and oxygen atoms in total. The summed E-state index contributed by atoms with van der Waals surface area (Å²) in [5.74, 6) is 0. The monoisotopic (exact) mass is 155 g/mol. The van der Waals surface area contributed by atoms with Gasteiger partial charge in [-0.25, -0.2) is 0 Å². The molecule has 1 aromatic carbocycles. The molecule has 0 saturated heterocycles. The first kappa shape index (κ1) is 9.07. The summed E-state index contributed by atoms with van der Waals surface area (Å²) in [6, 6.07) is 8.84. The van der Waals surface area contributed by atoms with Gasteiger partial charge in [-0.05, 0) is 5.56 Å². The highest BCUT2D eigenvalue weighted by atomic mass is 32.1. The molecule has 0 bridgehead atoms. The Labute approximate surface area is 65.2 Å². The first-order valence-electron chi connectivity index (χ1n) is 2.57. The number of carbonyl (C=O) groups is 1. The van der Waals surface area contributed by atoms with Crippen molar-refractivity contribution < 1.29 is 4.79 Å². The second-order valence-electron chi connectivity index (χ2n) is 1.65. The van der Waals surface area contributed by atoms with E-state index < -0.39 is 0 Å². The highest BCUT2D eigenvalue weighted by Gasteiger charge is 1.84. The van der Waals surface area contributed by atoms with Gasteiger partial charge in [-0.2, -0.15) is 0 Å². The van der Waals surface area contributed by atoms with E-state index >= 15 is 0 Å². The highest BCUT2D eigenvalue weighted by Crippen LogP contribution is 1.96. The number of rotatable bonds is 1. The third-order valence-electron chi connectivity index (χ3n) is 1.01. The Bertz CT molecular complexity index is 210. The lowest BCUT2D eigenvalue weighted by atomic mass is 10.2. The molecule has 0 fully saturated rings. The molecule has 0 aromatic heterocycles. The summed E-state index contributed by atoms with van der Waals surface area (Å²) < 4.78 is 0. The molecule has 0 aliphatic carbocycles. The quantitative estimate of drug-likeness (QED) is 0.628. The summed E-state index contributed by atoms with van der Waals surface area (Å²) in [5.41, 5.74) is 0.590. The van der Waals surface area contributed by atoms with Gasteiger partial charge in [0.2, 0.25) is 0 Å². The van der Waals surface area contributed by atoms with Gasteiger partial charge in [0.15, 0.2) is 0 Å². The van der Waals surface area contributed by atoms with Gasteiger partial charge in [0, 0.05) is 5.12 Å². The van der Waals surface area contributed by atoms with Gasteiger partial charge in [0.05, 0.1) is 0 Å². The predicted octanol–water partition coefficient (Wildman–Crippen LogP) is 1.75. The zero-order valence-electron chi connectivity index (χ0n) is 5.70. The van der Waals surface area contributed by atoms with Crippen molar-refractivity contribution >= 4 is 17.7 Å². The van der Waals surface area contributed by atoms with Crippen LogP contribution >= 0.6 is 0 Å². The lowest BCUT2D eigenvalue weighted by Gasteiger charge is -2.00. The first-order valence-corrected chi connectivity index (χ1v) is 2.98. The van der Waals surface area contributed by atoms with Crippen molar-refractivity contribution in [3.8, 4) is 0 Å². The van der Waals surface area contributed by atoms with Crippen molar-refractivity contribution in [3.05, 3.63) is 35.9 Å². The van der Waals surface area contributed by atoms with E-state index in [0.717, 1.165) is 0 Å². The van der Waals surface area contributed by atoms with Crippen LogP contribution in [0, 0.1) is 0 Å². The summed E-state index contributed by atoms with van der Waals surface area (Å²) in [6.07, 6.45) is 0. The van der Waals surface area contributed by atoms with Crippen LogP contribution in [0.3, 0.4) is 0 Å². The van der Waals surface area contributed by atoms with Crippen LogP contribution in [0.15, 0.2) is 30.3 Å². The Morgan fingerprint density at radius 1 is 1.20 bits per heavy atom. The minimum absolute atomic E-state index is 0. The standard InChI is InChI=1S/C7H6OS.H3N/c8-7(9)6-4-2-1-3-5-6;/h1-5H,(H,8,9);1H3. The summed E-state index contributed by atoms with van der Waals surface area (Å²) in [4.78, 5) is 10.5. The van der Waals surface area contributed by atoms with E-state index in [0.29, 0.717) is 5.56 Å². The van der Waals surface area contributed by atoms with Crippen LogP contribution in [0.5, 0.6) is 0 Å². The Kier molecular flexibility index (Phi) is 3.61. The number of benzene rings is 1. The van der Waals surface area contributed by atoms with Crippen molar-refractivity contribution in [1.82, 2.24) is 6.15 Å². The summed E-state index contributed by atoms with van der Waals surface area (Å²) in [5, 5.41) is -0.296. The number of hydrogen-bond acceptors (Lipinski definition) is 2. The Hall–Kier alpha value is -0.930. The van der Waals surface area contributed by atoms with Crippen LogP contribution in [0.25, 0.3) is 0 Å². The van der Waals surface area contributed by atoms with Crippen LogP contribution < -0.4 is 6.15 Å². The third kappa shape index (κ3) is 2.13. The van der Waals surface area contributed by atoms with Crippen LogP contribution in [0.1, 0.15) is 10.4 Å². The molecule has 0 aliphatic heterocycles. The zero-order valence-corrected chi connectivity index (χ0v) is 6.52. The fraction of sp³-hybridized carbons (Fsp3) is 0. The molecule has 4 N–H and O–H groups in total. The molecule has 0 aliphatic rings. The fourth-order valence-electron chi connectivity index (χ4n) is 0.574.